The Morgan fingerprint density at radius 3 is 2.50 bits per heavy atom. The van der Waals surface area contributed by atoms with Crippen molar-refractivity contribution in [2.75, 3.05) is 12.8 Å². The second kappa shape index (κ2) is 5.04. The quantitative estimate of drug-likeness (QED) is 0.900. The van der Waals surface area contributed by atoms with Gasteiger partial charge in [-0.1, -0.05) is 19.9 Å². The van der Waals surface area contributed by atoms with Crippen molar-refractivity contribution in [3.63, 3.8) is 0 Å². The van der Waals surface area contributed by atoms with Crippen LogP contribution in [0.4, 0.5) is 5.82 Å². The number of methoxy groups -OCH3 is 1. The third-order valence-electron chi connectivity index (χ3n) is 2.84. The molecule has 0 amide bonds. The first-order chi connectivity index (χ1) is 8.61. The van der Waals surface area contributed by atoms with E-state index in [2.05, 4.69) is 35.9 Å². The summed E-state index contributed by atoms with van der Waals surface area (Å²) in [4.78, 5) is 8.36. The number of aromatic nitrogens is 2. The molecule has 0 aliphatic rings. The Kier molecular flexibility index (Phi) is 3.46. The summed E-state index contributed by atoms with van der Waals surface area (Å²) in [5.41, 5.74) is 8.50. The van der Waals surface area contributed by atoms with Crippen molar-refractivity contribution in [1.29, 1.82) is 0 Å². The van der Waals surface area contributed by atoms with E-state index in [1.54, 1.807) is 19.5 Å². The number of hydrogen-bond donors (Lipinski definition) is 1. The van der Waals surface area contributed by atoms with Gasteiger partial charge in [-0.25, -0.2) is 4.98 Å². The van der Waals surface area contributed by atoms with Crippen molar-refractivity contribution in [2.24, 2.45) is 0 Å². The molecule has 0 unspecified atom stereocenters. The monoisotopic (exact) mass is 243 g/mol. The van der Waals surface area contributed by atoms with Crippen molar-refractivity contribution >= 4 is 5.82 Å². The first kappa shape index (κ1) is 12.4. The van der Waals surface area contributed by atoms with Crippen LogP contribution in [-0.2, 0) is 0 Å². The number of nitrogens with zero attached hydrogens (tertiary/aromatic N) is 2. The van der Waals surface area contributed by atoms with Gasteiger partial charge in [0.05, 0.1) is 25.2 Å². The molecule has 2 rings (SSSR count). The maximum atomic E-state index is 5.55. The van der Waals surface area contributed by atoms with Crippen LogP contribution in [-0.4, -0.2) is 17.1 Å². The molecular formula is C14H17N3O. The molecule has 0 spiro atoms. The summed E-state index contributed by atoms with van der Waals surface area (Å²) in [5, 5.41) is 0. The zero-order chi connectivity index (χ0) is 13.1. The molecule has 0 bridgehead atoms. The van der Waals surface area contributed by atoms with Crippen LogP contribution in [0.5, 0.6) is 5.75 Å². The first-order valence-electron chi connectivity index (χ1n) is 5.87. The molecule has 4 nitrogen and oxygen atoms in total. The third kappa shape index (κ3) is 2.42. The van der Waals surface area contributed by atoms with Gasteiger partial charge < -0.3 is 10.5 Å². The molecule has 94 valence electrons. The Hall–Kier alpha value is -2.10. The zero-order valence-corrected chi connectivity index (χ0v) is 10.8. The summed E-state index contributed by atoms with van der Waals surface area (Å²) in [6.07, 6.45) is 3.22. The van der Waals surface area contributed by atoms with Gasteiger partial charge in [-0.15, -0.1) is 0 Å². The second-order valence-corrected chi connectivity index (χ2v) is 4.44. The van der Waals surface area contributed by atoms with Gasteiger partial charge in [-0.3, -0.25) is 4.98 Å². The Morgan fingerprint density at radius 1 is 1.17 bits per heavy atom. The molecule has 0 radical (unpaired) electrons. The molecule has 0 atom stereocenters. The van der Waals surface area contributed by atoms with E-state index in [0.717, 1.165) is 17.0 Å². The van der Waals surface area contributed by atoms with Gasteiger partial charge in [0.1, 0.15) is 11.6 Å². The minimum absolute atomic E-state index is 0.415. The van der Waals surface area contributed by atoms with Crippen LogP contribution >= 0.6 is 0 Å². The van der Waals surface area contributed by atoms with E-state index in [9.17, 15) is 0 Å². The Labute approximate surface area is 107 Å². The lowest BCUT2D eigenvalue weighted by molar-refractivity contribution is 0.416. The molecule has 2 N–H and O–H groups in total. The Bertz CT molecular complexity index is 535. The van der Waals surface area contributed by atoms with Gasteiger partial charge in [0.2, 0.25) is 0 Å². The van der Waals surface area contributed by atoms with Crippen LogP contribution in [0.25, 0.3) is 11.3 Å². The van der Waals surface area contributed by atoms with Crippen LogP contribution in [0.15, 0.2) is 30.6 Å². The number of nitrogens with two attached hydrogens (primary N) is 1. The lowest BCUT2D eigenvalue weighted by Crippen LogP contribution is -1.96. The SMILES string of the molecule is COc1ccc(C(C)C)cc1-c1cnc(N)cn1. The molecular weight excluding hydrogens is 226 g/mol. The van der Waals surface area contributed by atoms with Crippen molar-refractivity contribution < 1.29 is 4.74 Å². The molecule has 0 aliphatic carbocycles. The van der Waals surface area contributed by atoms with E-state index in [1.807, 2.05) is 6.07 Å². The fourth-order valence-corrected chi connectivity index (χ4v) is 1.76. The molecule has 18 heavy (non-hydrogen) atoms. The van der Waals surface area contributed by atoms with Gasteiger partial charge >= 0.3 is 0 Å². The summed E-state index contributed by atoms with van der Waals surface area (Å²) in [7, 11) is 1.65. The van der Waals surface area contributed by atoms with E-state index in [0.29, 0.717) is 11.7 Å². The summed E-state index contributed by atoms with van der Waals surface area (Å²) < 4.78 is 5.37. The standard InChI is InChI=1S/C14H17N3O/c1-9(2)10-4-5-13(18-3)11(6-10)12-7-17-14(15)8-16-12/h4-9H,1-3H3,(H2,15,17). The van der Waals surface area contributed by atoms with Crippen LogP contribution in [0.3, 0.4) is 0 Å². The number of rotatable bonds is 3. The zero-order valence-electron chi connectivity index (χ0n) is 10.8. The third-order valence-corrected chi connectivity index (χ3v) is 2.84. The minimum Gasteiger partial charge on any atom is -0.496 e. The van der Waals surface area contributed by atoms with Gasteiger partial charge in [0.25, 0.3) is 0 Å². The van der Waals surface area contributed by atoms with Crippen molar-refractivity contribution in [2.45, 2.75) is 19.8 Å². The van der Waals surface area contributed by atoms with Crippen LogP contribution < -0.4 is 10.5 Å². The predicted molar refractivity (Wildman–Crippen MR) is 72.5 cm³/mol. The molecule has 1 aromatic heterocycles. The lowest BCUT2D eigenvalue weighted by atomic mass is 9.99. The number of anilines is 1. The Morgan fingerprint density at radius 2 is 1.94 bits per heavy atom. The highest BCUT2D eigenvalue weighted by molar-refractivity contribution is 5.68. The van der Waals surface area contributed by atoms with Crippen LogP contribution in [0.2, 0.25) is 0 Å². The smallest absolute Gasteiger partial charge is 0.141 e. The number of nitrogen functional groups attached to an aromatic ring is 1. The van der Waals surface area contributed by atoms with Gasteiger partial charge in [0, 0.05) is 5.56 Å². The molecule has 0 saturated carbocycles. The van der Waals surface area contributed by atoms with Gasteiger partial charge in [-0.05, 0) is 23.6 Å². The highest BCUT2D eigenvalue weighted by atomic mass is 16.5. The van der Waals surface area contributed by atoms with E-state index in [1.165, 1.54) is 5.56 Å². The van der Waals surface area contributed by atoms with Crippen molar-refractivity contribution in [3.05, 3.63) is 36.2 Å². The van der Waals surface area contributed by atoms with E-state index in [-0.39, 0.29) is 0 Å². The predicted octanol–water partition coefficient (Wildman–Crippen LogP) is 2.86. The summed E-state index contributed by atoms with van der Waals surface area (Å²) in [5.74, 6) is 1.66. The highest BCUT2D eigenvalue weighted by Crippen LogP contribution is 2.31. The lowest BCUT2D eigenvalue weighted by Gasteiger charge is -2.12. The highest BCUT2D eigenvalue weighted by Gasteiger charge is 2.10. The summed E-state index contributed by atoms with van der Waals surface area (Å²) in [6.45, 7) is 4.31. The molecule has 0 saturated heterocycles. The van der Waals surface area contributed by atoms with Gasteiger partial charge in [-0.2, -0.15) is 0 Å². The normalized spacial score (nSPS) is 10.7. The van der Waals surface area contributed by atoms with Crippen LogP contribution in [0, 0.1) is 0 Å². The molecule has 2 aromatic rings. The van der Waals surface area contributed by atoms with E-state index < -0.39 is 0 Å². The van der Waals surface area contributed by atoms with Crippen LogP contribution in [0.1, 0.15) is 25.3 Å². The van der Waals surface area contributed by atoms with E-state index in [4.69, 9.17) is 10.5 Å². The largest absolute Gasteiger partial charge is 0.496 e. The Balaban J connectivity index is 2.53. The molecule has 1 heterocycles. The number of benzene rings is 1. The first-order valence-corrected chi connectivity index (χ1v) is 5.87. The van der Waals surface area contributed by atoms with Crippen molar-refractivity contribution in [3.8, 4) is 17.0 Å². The maximum Gasteiger partial charge on any atom is 0.141 e. The fourth-order valence-electron chi connectivity index (χ4n) is 1.76. The molecule has 0 fully saturated rings. The number of ether oxygens (including phenoxy) is 1. The summed E-state index contributed by atoms with van der Waals surface area (Å²) >= 11 is 0. The molecule has 0 aliphatic heterocycles. The summed E-state index contributed by atoms with van der Waals surface area (Å²) in [6, 6.07) is 6.12. The number of hydrogen-bond acceptors (Lipinski definition) is 4. The van der Waals surface area contributed by atoms with Gasteiger partial charge in [0.15, 0.2) is 0 Å². The topological polar surface area (TPSA) is 61.0 Å². The molecule has 4 heteroatoms. The maximum absolute atomic E-state index is 5.55. The average molecular weight is 243 g/mol. The second-order valence-electron chi connectivity index (χ2n) is 4.44. The average Bonchev–Trinajstić information content (AvgIpc) is 2.39. The van der Waals surface area contributed by atoms with Crippen molar-refractivity contribution in [1.82, 2.24) is 9.97 Å². The minimum atomic E-state index is 0.415. The fraction of sp³-hybridized carbons (Fsp3) is 0.286. The van der Waals surface area contributed by atoms with E-state index >= 15 is 0 Å². The molecule has 1 aromatic carbocycles.